The van der Waals surface area contributed by atoms with Crippen molar-refractivity contribution < 1.29 is 0 Å². The molecule has 0 aromatic heterocycles. The summed E-state index contributed by atoms with van der Waals surface area (Å²) in [6.45, 7) is 4.56. The van der Waals surface area contributed by atoms with E-state index < -0.39 is 13.7 Å². The number of hydrogen-bond donors (Lipinski definition) is 0. The monoisotopic (exact) mass is 336 g/mol. The van der Waals surface area contributed by atoms with E-state index in [0.29, 0.717) is 0 Å². The minimum atomic E-state index is -0.912. The van der Waals surface area contributed by atoms with Gasteiger partial charge in [-0.1, -0.05) is 0 Å². The molecule has 0 saturated heterocycles. The molecular weight excluding hydrogens is 303 g/mol. The summed E-state index contributed by atoms with van der Waals surface area (Å²) in [5.74, 6) is 0. The fourth-order valence-corrected chi connectivity index (χ4v) is 6.33. The molecule has 0 aromatic rings. The van der Waals surface area contributed by atoms with Crippen LogP contribution in [0.4, 0.5) is 0 Å². The molecule has 18 heavy (non-hydrogen) atoms. The molecule has 2 heteroatoms. The van der Waals surface area contributed by atoms with Crippen LogP contribution in [0.3, 0.4) is 0 Å². The zero-order chi connectivity index (χ0) is 13.5. The topological polar surface area (TPSA) is 0 Å². The van der Waals surface area contributed by atoms with E-state index in [1.807, 2.05) is 0 Å². The van der Waals surface area contributed by atoms with Crippen molar-refractivity contribution >= 4 is 23.7 Å². The Hall–Kier alpha value is 0.848. The Kier molecular flexibility index (Phi) is 16.7. The Balaban J connectivity index is 3.10. The van der Waals surface area contributed by atoms with Crippen molar-refractivity contribution in [2.45, 2.75) is 101 Å². The molecule has 0 N–H and O–H groups in total. The van der Waals surface area contributed by atoms with Gasteiger partial charge in [0.1, 0.15) is 0 Å². The van der Waals surface area contributed by atoms with E-state index in [-0.39, 0.29) is 0 Å². The summed E-state index contributed by atoms with van der Waals surface area (Å²) < 4.78 is 0. The Morgan fingerprint density at radius 3 is 1.28 bits per heavy atom. The van der Waals surface area contributed by atoms with Crippen LogP contribution < -0.4 is 0 Å². The molecule has 0 amide bonds. The molecule has 0 aliphatic carbocycles. The van der Waals surface area contributed by atoms with Crippen molar-refractivity contribution in [3.8, 4) is 0 Å². The fraction of sp³-hybridized carbons (Fsp3) is 1.00. The van der Waals surface area contributed by atoms with Gasteiger partial charge in [-0.05, 0) is 0 Å². The Bertz CT molecular complexity index is 134. The van der Waals surface area contributed by atoms with Crippen LogP contribution in [0.15, 0.2) is 0 Å². The third-order valence-corrected chi connectivity index (χ3v) is 8.63. The third-order valence-electron chi connectivity index (χ3n) is 3.51. The van der Waals surface area contributed by atoms with E-state index in [4.69, 9.17) is 9.95 Å². The normalized spacial score (nSPS) is 11.3. The summed E-state index contributed by atoms with van der Waals surface area (Å²) in [7, 11) is 6.51. The van der Waals surface area contributed by atoms with Crippen LogP contribution in [0.2, 0.25) is 10.4 Å². The fourth-order valence-electron chi connectivity index (χ4n) is 2.24. The van der Waals surface area contributed by atoms with Crippen LogP contribution in [0.5, 0.6) is 0 Å². The van der Waals surface area contributed by atoms with Gasteiger partial charge in [0.2, 0.25) is 0 Å². The van der Waals surface area contributed by atoms with Crippen molar-refractivity contribution in [2.24, 2.45) is 0 Å². The quantitative estimate of drug-likeness (QED) is 0.238. The first-order chi connectivity index (χ1) is 8.81. The second-order valence-corrected chi connectivity index (χ2v) is 11.7. The molecule has 0 aromatic carbocycles. The van der Waals surface area contributed by atoms with Gasteiger partial charge in [-0.2, -0.15) is 0 Å². The van der Waals surface area contributed by atoms with Crippen molar-refractivity contribution in [3.63, 3.8) is 0 Å². The first-order valence-electron chi connectivity index (χ1n) is 8.22. The molecule has 0 rings (SSSR count). The molecule has 0 atom stereocenters. The molecule has 0 heterocycles. The molecule has 0 aliphatic rings. The van der Waals surface area contributed by atoms with Crippen LogP contribution in [0.1, 0.15) is 90.9 Å². The van der Waals surface area contributed by atoms with E-state index in [1.54, 1.807) is 0 Å². The molecule has 0 aliphatic heterocycles. The molecule has 0 fully saturated rings. The molecule has 0 bridgehead atoms. The first-order valence-corrected chi connectivity index (χ1v) is 13.3. The van der Waals surface area contributed by atoms with Gasteiger partial charge in [-0.25, -0.2) is 0 Å². The van der Waals surface area contributed by atoms with E-state index in [0.717, 1.165) is 0 Å². The van der Waals surface area contributed by atoms with E-state index in [1.165, 1.54) is 87.5 Å². The number of hydrogen-bond acceptors (Lipinski definition) is 0. The van der Waals surface area contributed by atoms with Gasteiger partial charge in [0.15, 0.2) is 0 Å². The average Bonchev–Trinajstić information content (AvgIpc) is 2.38. The Labute approximate surface area is 125 Å². The van der Waals surface area contributed by atoms with Gasteiger partial charge in [-0.15, -0.1) is 0 Å². The van der Waals surface area contributed by atoms with Gasteiger partial charge in [0.25, 0.3) is 0 Å². The van der Waals surface area contributed by atoms with Crippen LogP contribution in [0.25, 0.3) is 0 Å². The minimum absolute atomic E-state index is 0.912. The zero-order valence-corrected chi connectivity index (χ0v) is 15.4. The third kappa shape index (κ3) is 14.9. The van der Waals surface area contributed by atoms with Gasteiger partial charge < -0.3 is 0 Å². The maximum absolute atomic E-state index is 6.51. The van der Waals surface area contributed by atoms with Gasteiger partial charge >= 0.3 is 125 Å². The van der Waals surface area contributed by atoms with Crippen molar-refractivity contribution in [1.29, 1.82) is 0 Å². The Morgan fingerprint density at radius 1 is 0.556 bits per heavy atom. The SMILES string of the molecule is CCCCCCCC[As](Cl)CCCCCCCC. The van der Waals surface area contributed by atoms with Crippen molar-refractivity contribution in [3.05, 3.63) is 0 Å². The van der Waals surface area contributed by atoms with Crippen LogP contribution in [-0.4, -0.2) is 13.7 Å². The van der Waals surface area contributed by atoms with E-state index >= 15 is 0 Å². The number of rotatable bonds is 14. The maximum atomic E-state index is 6.51. The average molecular weight is 337 g/mol. The summed E-state index contributed by atoms with van der Waals surface area (Å²) >= 11 is -0.912. The van der Waals surface area contributed by atoms with Gasteiger partial charge in [0.05, 0.1) is 0 Å². The van der Waals surface area contributed by atoms with E-state index in [2.05, 4.69) is 13.8 Å². The summed E-state index contributed by atoms with van der Waals surface area (Å²) in [4.78, 5) is 0. The molecule has 110 valence electrons. The molecule has 0 spiro atoms. The van der Waals surface area contributed by atoms with E-state index in [9.17, 15) is 0 Å². The van der Waals surface area contributed by atoms with Crippen molar-refractivity contribution in [1.82, 2.24) is 0 Å². The van der Waals surface area contributed by atoms with Gasteiger partial charge in [-0.3, -0.25) is 0 Å². The Morgan fingerprint density at radius 2 is 0.889 bits per heavy atom. The predicted molar refractivity (Wildman–Crippen MR) is 88.0 cm³/mol. The predicted octanol–water partition coefficient (Wildman–Crippen LogP) is 6.94. The summed E-state index contributed by atoms with van der Waals surface area (Å²) in [5, 5.41) is 2.77. The second kappa shape index (κ2) is 15.9. The zero-order valence-electron chi connectivity index (χ0n) is 12.7. The molecule has 0 radical (unpaired) electrons. The molecular formula is C16H34AsCl. The van der Waals surface area contributed by atoms with Gasteiger partial charge in [0, 0.05) is 0 Å². The second-order valence-electron chi connectivity index (χ2n) is 5.45. The summed E-state index contributed by atoms with van der Waals surface area (Å²) in [6.07, 6.45) is 16.9. The number of halogens is 1. The summed E-state index contributed by atoms with van der Waals surface area (Å²) in [5.41, 5.74) is 0. The first kappa shape index (κ1) is 18.8. The van der Waals surface area contributed by atoms with Crippen LogP contribution >= 0.6 is 9.95 Å². The molecule has 0 saturated carbocycles. The standard InChI is InChI=1S/C16H34AsCl/c1-3-5-7-9-11-13-15-17(18)16-14-12-10-8-6-4-2/h3-16H2,1-2H3. The number of unbranched alkanes of at least 4 members (excludes halogenated alkanes) is 10. The summed E-state index contributed by atoms with van der Waals surface area (Å²) in [6, 6.07) is 0. The van der Waals surface area contributed by atoms with Crippen LogP contribution in [0, 0.1) is 0 Å². The van der Waals surface area contributed by atoms with Crippen molar-refractivity contribution in [2.75, 3.05) is 0 Å². The molecule has 0 nitrogen and oxygen atoms in total. The molecule has 0 unspecified atom stereocenters. The van der Waals surface area contributed by atoms with Crippen LogP contribution in [-0.2, 0) is 0 Å².